The Morgan fingerprint density at radius 1 is 0.763 bits per heavy atom. The minimum Gasteiger partial charge on any atom is -0.423 e. The van der Waals surface area contributed by atoms with E-state index in [2.05, 4.69) is 15.8 Å². The summed E-state index contributed by atoms with van der Waals surface area (Å²) in [6.07, 6.45) is 4.41. The summed E-state index contributed by atoms with van der Waals surface area (Å²) in [5.41, 5.74) is 6.32. The Balaban J connectivity index is 1.33. The van der Waals surface area contributed by atoms with Gasteiger partial charge in [-0.3, -0.25) is 9.59 Å². The number of carbonyl (C=O) groups excluding carboxylic acids is 3. The molecule has 0 bridgehead atoms. The topological polar surface area (TPSA) is 96.9 Å². The van der Waals surface area contributed by atoms with Crippen LogP contribution in [0.2, 0.25) is 0 Å². The van der Waals surface area contributed by atoms with Crippen molar-refractivity contribution in [2.24, 2.45) is 5.10 Å². The molecule has 0 saturated carbocycles. The number of hydrogen-bond acceptors (Lipinski definition) is 5. The Kier molecular flexibility index (Phi) is 8.55. The molecule has 0 saturated heterocycles. The number of benzene rings is 4. The number of ether oxygens (including phenoxy) is 1. The Morgan fingerprint density at radius 2 is 1.50 bits per heavy atom. The zero-order chi connectivity index (χ0) is 26.7. The van der Waals surface area contributed by atoms with Gasteiger partial charge in [0.1, 0.15) is 5.75 Å². The molecule has 0 unspecified atom stereocenters. The lowest BCUT2D eigenvalue weighted by Crippen LogP contribution is -2.18. The number of hydrazone groups is 1. The number of esters is 1. The Bertz CT molecular complexity index is 1490. The maximum absolute atomic E-state index is 12.5. The van der Waals surface area contributed by atoms with E-state index in [-0.39, 0.29) is 5.91 Å². The zero-order valence-electron chi connectivity index (χ0n) is 20.6. The Hall–Kier alpha value is -5.30. The lowest BCUT2D eigenvalue weighted by Gasteiger charge is -2.07. The van der Waals surface area contributed by atoms with E-state index in [1.807, 2.05) is 49.4 Å². The lowest BCUT2D eigenvalue weighted by molar-refractivity contribution is -0.128. The van der Waals surface area contributed by atoms with Crippen molar-refractivity contribution in [3.8, 4) is 5.75 Å². The van der Waals surface area contributed by atoms with Gasteiger partial charge in [-0.25, -0.2) is 10.2 Å². The van der Waals surface area contributed by atoms with Crippen LogP contribution >= 0.6 is 0 Å². The summed E-state index contributed by atoms with van der Waals surface area (Å²) in [5, 5.41) is 6.80. The number of aryl methyl sites for hydroxylation is 1. The predicted octanol–water partition coefficient (Wildman–Crippen LogP) is 5.63. The van der Waals surface area contributed by atoms with Gasteiger partial charge >= 0.3 is 5.97 Å². The highest BCUT2D eigenvalue weighted by Crippen LogP contribution is 2.17. The molecule has 4 rings (SSSR count). The van der Waals surface area contributed by atoms with Crippen LogP contribution in [-0.4, -0.2) is 24.0 Å². The van der Waals surface area contributed by atoms with Crippen molar-refractivity contribution in [3.63, 3.8) is 0 Å². The molecule has 0 atom stereocenters. The molecular weight excluding hydrogens is 478 g/mol. The average Bonchev–Trinajstić information content (AvgIpc) is 2.94. The zero-order valence-corrected chi connectivity index (χ0v) is 20.6. The smallest absolute Gasteiger partial charge is 0.336 e. The van der Waals surface area contributed by atoms with E-state index in [0.29, 0.717) is 28.1 Å². The van der Waals surface area contributed by atoms with Gasteiger partial charge in [0.15, 0.2) is 0 Å². The molecule has 0 aromatic heterocycles. The first-order valence-corrected chi connectivity index (χ1v) is 11.8. The first kappa shape index (κ1) is 25.8. The summed E-state index contributed by atoms with van der Waals surface area (Å²) in [6.45, 7) is 1.92. The monoisotopic (exact) mass is 503 g/mol. The minimum atomic E-state index is -0.534. The molecule has 0 aliphatic carbocycles. The maximum Gasteiger partial charge on any atom is 0.336 e. The number of nitrogens with one attached hydrogen (secondary N) is 2. The van der Waals surface area contributed by atoms with Crippen molar-refractivity contribution < 1.29 is 19.1 Å². The molecule has 4 aromatic carbocycles. The van der Waals surface area contributed by atoms with E-state index in [0.717, 1.165) is 11.1 Å². The number of hydrogen-bond donors (Lipinski definition) is 2. The largest absolute Gasteiger partial charge is 0.423 e. The first-order chi connectivity index (χ1) is 18.5. The average molecular weight is 504 g/mol. The van der Waals surface area contributed by atoms with E-state index in [1.54, 1.807) is 66.7 Å². The SMILES string of the molecule is Cc1cccc(C(=O)Nc2ccc(C(=O)N/N=C\c3ccccc3OC(=O)/C=C/c3ccccc3)cc2)c1. The van der Waals surface area contributed by atoms with Crippen LogP contribution in [0.1, 0.15) is 37.4 Å². The van der Waals surface area contributed by atoms with Crippen LogP contribution in [0.4, 0.5) is 5.69 Å². The fourth-order valence-electron chi connectivity index (χ4n) is 3.47. The van der Waals surface area contributed by atoms with E-state index in [4.69, 9.17) is 4.74 Å². The lowest BCUT2D eigenvalue weighted by atomic mass is 10.1. The normalized spacial score (nSPS) is 10.9. The van der Waals surface area contributed by atoms with Crippen LogP contribution in [-0.2, 0) is 4.79 Å². The molecule has 0 fully saturated rings. The fraction of sp³-hybridized carbons (Fsp3) is 0.0323. The van der Waals surface area contributed by atoms with Gasteiger partial charge in [-0.05, 0) is 67.1 Å². The number of nitrogens with zero attached hydrogens (tertiary/aromatic N) is 1. The van der Waals surface area contributed by atoms with Gasteiger partial charge in [-0.1, -0.05) is 60.2 Å². The van der Waals surface area contributed by atoms with E-state index in [1.165, 1.54) is 12.3 Å². The third kappa shape index (κ3) is 7.35. The van der Waals surface area contributed by atoms with Gasteiger partial charge in [-0.2, -0.15) is 5.10 Å². The summed E-state index contributed by atoms with van der Waals surface area (Å²) in [7, 11) is 0. The highest BCUT2D eigenvalue weighted by atomic mass is 16.5. The second kappa shape index (κ2) is 12.6. The second-order valence-electron chi connectivity index (χ2n) is 8.30. The van der Waals surface area contributed by atoms with Crippen LogP contribution in [0, 0.1) is 6.92 Å². The van der Waals surface area contributed by atoms with Gasteiger partial charge < -0.3 is 10.1 Å². The van der Waals surface area contributed by atoms with Crippen LogP contribution in [0.25, 0.3) is 6.08 Å². The molecular formula is C31H25N3O4. The van der Waals surface area contributed by atoms with Crippen molar-refractivity contribution in [3.05, 3.63) is 137 Å². The van der Waals surface area contributed by atoms with Crippen molar-refractivity contribution in [1.82, 2.24) is 5.43 Å². The predicted molar refractivity (Wildman–Crippen MR) is 148 cm³/mol. The van der Waals surface area contributed by atoms with E-state index >= 15 is 0 Å². The standard InChI is InChI=1S/C31H25N3O4/c1-22-8-7-12-25(20-22)30(36)33-27-17-15-24(16-18-27)31(37)34-32-21-26-11-5-6-13-28(26)38-29(35)19-14-23-9-3-2-4-10-23/h2-21H,1H3,(H,33,36)(H,34,37)/b19-14+,32-21-. The third-order valence-corrected chi connectivity index (χ3v) is 5.40. The quantitative estimate of drug-likeness (QED) is 0.107. The number of rotatable bonds is 8. The summed E-state index contributed by atoms with van der Waals surface area (Å²) >= 11 is 0. The molecule has 7 nitrogen and oxygen atoms in total. The van der Waals surface area contributed by atoms with Gasteiger partial charge in [0.05, 0.1) is 6.21 Å². The van der Waals surface area contributed by atoms with Crippen molar-refractivity contribution in [2.45, 2.75) is 6.92 Å². The second-order valence-corrected chi connectivity index (χ2v) is 8.30. The number of anilines is 1. The maximum atomic E-state index is 12.5. The molecule has 38 heavy (non-hydrogen) atoms. The third-order valence-electron chi connectivity index (χ3n) is 5.40. The molecule has 0 spiro atoms. The highest BCUT2D eigenvalue weighted by molar-refractivity contribution is 6.04. The van der Waals surface area contributed by atoms with Gasteiger partial charge in [0.2, 0.25) is 0 Å². The summed E-state index contributed by atoms with van der Waals surface area (Å²) in [5.74, 6) is -0.890. The summed E-state index contributed by atoms with van der Waals surface area (Å²) < 4.78 is 5.43. The first-order valence-electron chi connectivity index (χ1n) is 11.8. The molecule has 0 aliphatic rings. The van der Waals surface area contributed by atoms with Crippen LogP contribution in [0.3, 0.4) is 0 Å². The van der Waals surface area contributed by atoms with Gasteiger partial charge in [-0.15, -0.1) is 0 Å². The van der Waals surface area contributed by atoms with E-state index in [9.17, 15) is 14.4 Å². The van der Waals surface area contributed by atoms with Crippen LogP contribution in [0.5, 0.6) is 5.75 Å². The van der Waals surface area contributed by atoms with Crippen LogP contribution in [0.15, 0.2) is 114 Å². The number of para-hydroxylation sites is 1. The van der Waals surface area contributed by atoms with Crippen molar-refractivity contribution in [1.29, 1.82) is 0 Å². The molecule has 2 amide bonds. The van der Waals surface area contributed by atoms with Crippen molar-refractivity contribution in [2.75, 3.05) is 5.32 Å². The Morgan fingerprint density at radius 3 is 2.26 bits per heavy atom. The van der Waals surface area contributed by atoms with Crippen LogP contribution < -0.4 is 15.5 Å². The molecule has 4 aromatic rings. The van der Waals surface area contributed by atoms with E-state index < -0.39 is 11.9 Å². The fourth-order valence-corrected chi connectivity index (χ4v) is 3.47. The summed E-state index contributed by atoms with van der Waals surface area (Å²) in [4.78, 5) is 37.2. The molecule has 188 valence electrons. The minimum absolute atomic E-state index is 0.231. The molecule has 0 radical (unpaired) electrons. The Labute approximate surface area is 220 Å². The van der Waals surface area contributed by atoms with Gasteiger partial charge in [0.25, 0.3) is 11.8 Å². The molecule has 0 aliphatic heterocycles. The molecule has 2 N–H and O–H groups in total. The van der Waals surface area contributed by atoms with Gasteiger partial charge in [0, 0.05) is 28.5 Å². The number of amides is 2. The molecule has 0 heterocycles. The molecule has 7 heteroatoms. The number of carbonyl (C=O) groups is 3. The highest BCUT2D eigenvalue weighted by Gasteiger charge is 2.09. The van der Waals surface area contributed by atoms with Crippen molar-refractivity contribution >= 4 is 35.8 Å². The summed E-state index contributed by atoms with van der Waals surface area (Å²) in [6, 6.07) is 30.0.